The Labute approximate surface area is 126 Å². The number of nitrogens with one attached hydrogen (secondary N) is 3. The first-order valence-corrected chi connectivity index (χ1v) is 6.50. The lowest BCUT2D eigenvalue weighted by Gasteiger charge is -2.08. The van der Waals surface area contributed by atoms with Crippen molar-refractivity contribution in [1.82, 2.24) is 5.43 Å². The molecule has 0 unspecified atom stereocenters. The van der Waals surface area contributed by atoms with Gasteiger partial charge >= 0.3 is 5.97 Å². The van der Waals surface area contributed by atoms with E-state index in [0.29, 0.717) is 11.4 Å². The highest BCUT2D eigenvalue weighted by atomic mass is 19.1. The van der Waals surface area contributed by atoms with Crippen molar-refractivity contribution in [1.29, 1.82) is 0 Å². The molecule has 0 amide bonds. The predicted molar refractivity (Wildman–Crippen MR) is 83.2 cm³/mol. The molecule has 0 aromatic heterocycles. The van der Waals surface area contributed by atoms with Crippen molar-refractivity contribution in [3.05, 3.63) is 60.4 Å². The molecule has 0 saturated carbocycles. The summed E-state index contributed by atoms with van der Waals surface area (Å²) in [6.45, 7) is -0.0213. The number of carboxylic acids is 1. The maximum Gasteiger partial charge on any atom is 0.353 e. The fraction of sp³-hybridized carbons (Fsp3) is 0.0667. The summed E-state index contributed by atoms with van der Waals surface area (Å²) in [5.41, 5.74) is 9.36. The van der Waals surface area contributed by atoms with Gasteiger partial charge in [0.15, 0.2) is 5.71 Å². The van der Waals surface area contributed by atoms with Crippen molar-refractivity contribution in [3.63, 3.8) is 0 Å². The lowest BCUT2D eigenvalue weighted by atomic mass is 10.3. The monoisotopic (exact) mass is 302 g/mol. The van der Waals surface area contributed by atoms with E-state index >= 15 is 0 Å². The van der Waals surface area contributed by atoms with Gasteiger partial charge in [-0.2, -0.15) is 5.10 Å². The Morgan fingerprint density at radius 3 is 2.36 bits per heavy atom. The van der Waals surface area contributed by atoms with E-state index in [1.807, 2.05) is 18.2 Å². The molecule has 0 spiro atoms. The number of halogens is 1. The minimum atomic E-state index is -1.14. The first kappa shape index (κ1) is 15.5. The van der Waals surface area contributed by atoms with Crippen LogP contribution in [-0.2, 0) is 4.79 Å². The highest BCUT2D eigenvalue weighted by molar-refractivity contribution is 6.36. The molecule has 0 aliphatic rings. The summed E-state index contributed by atoms with van der Waals surface area (Å²) < 4.78 is 12.8. The second-order valence-electron chi connectivity index (χ2n) is 4.33. The van der Waals surface area contributed by atoms with Crippen LogP contribution < -0.4 is 16.3 Å². The van der Waals surface area contributed by atoms with Crippen molar-refractivity contribution in [2.75, 3.05) is 17.4 Å². The predicted octanol–water partition coefficient (Wildman–Crippen LogP) is 2.29. The number of aliphatic carboxylic acids is 1. The van der Waals surface area contributed by atoms with E-state index in [4.69, 9.17) is 5.11 Å². The Kier molecular flexibility index (Phi) is 5.44. The molecule has 0 saturated heterocycles. The highest BCUT2D eigenvalue weighted by Crippen LogP contribution is 2.06. The minimum Gasteiger partial charge on any atom is -0.477 e. The van der Waals surface area contributed by atoms with E-state index < -0.39 is 5.97 Å². The molecular formula is C15H15FN4O2. The molecule has 0 fully saturated rings. The number of carbonyl (C=O) groups is 1. The Balaban J connectivity index is 1.89. The number of carboxylic acid groups (broad SMARTS) is 1. The molecule has 0 aliphatic carbocycles. The zero-order valence-electron chi connectivity index (χ0n) is 11.6. The van der Waals surface area contributed by atoms with Crippen LogP contribution in [0.25, 0.3) is 0 Å². The largest absolute Gasteiger partial charge is 0.477 e. The molecule has 0 heterocycles. The second-order valence-corrected chi connectivity index (χ2v) is 4.33. The number of nitrogens with zero attached hydrogens (tertiary/aromatic N) is 1. The highest BCUT2D eigenvalue weighted by Gasteiger charge is 2.09. The molecule has 22 heavy (non-hydrogen) atoms. The van der Waals surface area contributed by atoms with Crippen LogP contribution in [0.1, 0.15) is 0 Å². The number of para-hydroxylation sites is 1. The number of rotatable bonds is 7. The number of hydrazone groups is 1. The van der Waals surface area contributed by atoms with Gasteiger partial charge in [0.25, 0.3) is 0 Å². The average Bonchev–Trinajstić information content (AvgIpc) is 2.53. The molecule has 2 aromatic carbocycles. The van der Waals surface area contributed by atoms with Gasteiger partial charge in [0.05, 0.1) is 12.2 Å². The average molecular weight is 302 g/mol. The van der Waals surface area contributed by atoms with Crippen LogP contribution >= 0.6 is 0 Å². The first-order chi connectivity index (χ1) is 10.6. The van der Waals surface area contributed by atoms with Crippen molar-refractivity contribution >= 4 is 23.1 Å². The first-order valence-electron chi connectivity index (χ1n) is 6.50. The molecule has 6 nitrogen and oxygen atoms in total. The fourth-order valence-corrected chi connectivity index (χ4v) is 1.57. The quantitative estimate of drug-likeness (QED) is 0.466. The van der Waals surface area contributed by atoms with E-state index in [9.17, 15) is 9.18 Å². The van der Waals surface area contributed by atoms with Gasteiger partial charge in [0.1, 0.15) is 5.82 Å². The van der Waals surface area contributed by atoms with Crippen molar-refractivity contribution in [3.8, 4) is 0 Å². The van der Waals surface area contributed by atoms with Crippen LogP contribution in [0.5, 0.6) is 0 Å². The third-order valence-corrected chi connectivity index (χ3v) is 2.67. The molecule has 0 radical (unpaired) electrons. The lowest BCUT2D eigenvalue weighted by molar-refractivity contribution is -0.129. The number of benzene rings is 2. The smallest absolute Gasteiger partial charge is 0.353 e. The molecule has 0 atom stereocenters. The molecule has 2 rings (SSSR count). The summed E-state index contributed by atoms with van der Waals surface area (Å²) in [4.78, 5) is 11.1. The third kappa shape index (κ3) is 4.88. The maximum absolute atomic E-state index is 12.8. The SMILES string of the molecule is O=C(O)C(CNNc1ccc(F)cc1)=NNc1ccccc1. The van der Waals surface area contributed by atoms with Crippen LogP contribution in [0.3, 0.4) is 0 Å². The number of hydrazine groups is 1. The van der Waals surface area contributed by atoms with Crippen molar-refractivity contribution in [2.45, 2.75) is 0 Å². The van der Waals surface area contributed by atoms with Gasteiger partial charge in [0.2, 0.25) is 0 Å². The fourth-order valence-electron chi connectivity index (χ4n) is 1.57. The topological polar surface area (TPSA) is 85.8 Å². The Bertz CT molecular complexity index is 644. The van der Waals surface area contributed by atoms with Gasteiger partial charge in [-0.05, 0) is 36.4 Å². The normalized spacial score (nSPS) is 11.0. The molecule has 0 aliphatic heterocycles. The maximum atomic E-state index is 12.8. The summed E-state index contributed by atoms with van der Waals surface area (Å²) in [6, 6.07) is 14.7. The summed E-state index contributed by atoms with van der Waals surface area (Å²) in [7, 11) is 0. The van der Waals surface area contributed by atoms with E-state index in [1.165, 1.54) is 24.3 Å². The van der Waals surface area contributed by atoms with E-state index in [1.54, 1.807) is 12.1 Å². The van der Waals surface area contributed by atoms with E-state index in [0.717, 1.165) is 0 Å². The van der Waals surface area contributed by atoms with Crippen LogP contribution in [0, 0.1) is 5.82 Å². The number of hydrogen-bond donors (Lipinski definition) is 4. The summed E-state index contributed by atoms with van der Waals surface area (Å²) in [6.07, 6.45) is 0. The molecule has 114 valence electrons. The van der Waals surface area contributed by atoms with Crippen LogP contribution in [0.2, 0.25) is 0 Å². The molecule has 4 N–H and O–H groups in total. The van der Waals surface area contributed by atoms with Gasteiger partial charge in [-0.15, -0.1) is 0 Å². The molecule has 2 aromatic rings. The lowest BCUT2D eigenvalue weighted by Crippen LogP contribution is -2.33. The summed E-state index contributed by atoms with van der Waals surface area (Å²) >= 11 is 0. The van der Waals surface area contributed by atoms with Gasteiger partial charge in [-0.3, -0.25) is 5.43 Å². The molecule has 7 heteroatoms. The molecule has 0 bridgehead atoms. The second kappa shape index (κ2) is 7.75. The summed E-state index contributed by atoms with van der Waals surface area (Å²) in [5, 5.41) is 12.9. The number of anilines is 2. The Hall–Kier alpha value is -2.93. The number of hydrogen-bond acceptors (Lipinski definition) is 5. The van der Waals surface area contributed by atoms with Gasteiger partial charge in [0, 0.05) is 5.69 Å². The minimum absolute atomic E-state index is 0.0213. The zero-order chi connectivity index (χ0) is 15.8. The third-order valence-electron chi connectivity index (χ3n) is 2.67. The Morgan fingerprint density at radius 1 is 1.05 bits per heavy atom. The van der Waals surface area contributed by atoms with Crippen LogP contribution in [0.4, 0.5) is 15.8 Å². The van der Waals surface area contributed by atoms with Gasteiger partial charge < -0.3 is 10.5 Å². The van der Waals surface area contributed by atoms with Crippen LogP contribution in [0.15, 0.2) is 59.7 Å². The van der Waals surface area contributed by atoms with E-state index in [-0.39, 0.29) is 18.1 Å². The zero-order valence-corrected chi connectivity index (χ0v) is 11.6. The van der Waals surface area contributed by atoms with E-state index in [2.05, 4.69) is 21.4 Å². The molecular weight excluding hydrogens is 287 g/mol. The van der Waals surface area contributed by atoms with Crippen LogP contribution in [-0.4, -0.2) is 23.3 Å². The standard InChI is InChI=1S/C15H15FN4O2/c16-11-6-8-13(9-7-11)18-17-10-14(15(21)22)20-19-12-4-2-1-3-5-12/h1-9,17-19H,10H2,(H,21,22). The van der Waals surface area contributed by atoms with Crippen molar-refractivity contribution < 1.29 is 14.3 Å². The Morgan fingerprint density at radius 2 is 1.73 bits per heavy atom. The van der Waals surface area contributed by atoms with Gasteiger partial charge in [-0.25, -0.2) is 14.6 Å². The summed E-state index contributed by atoms with van der Waals surface area (Å²) in [5.74, 6) is -1.48. The van der Waals surface area contributed by atoms with Crippen molar-refractivity contribution in [2.24, 2.45) is 5.10 Å². The van der Waals surface area contributed by atoms with Gasteiger partial charge in [-0.1, -0.05) is 18.2 Å².